The Bertz CT molecular complexity index is 973. The van der Waals surface area contributed by atoms with Crippen LogP contribution in [0.4, 0.5) is 0 Å². The average Bonchev–Trinajstić information content (AvgIpc) is 3.22. The number of unbranched alkanes of at least 4 members (excludes halogenated alkanes) is 34. The van der Waals surface area contributed by atoms with Crippen molar-refractivity contribution in [1.29, 1.82) is 0 Å². The Hall–Kier alpha value is -1.21. The molecule has 0 fully saturated rings. The van der Waals surface area contributed by atoms with E-state index in [4.69, 9.17) is 18.5 Å². The second-order valence-corrected chi connectivity index (χ2v) is 18.6. The van der Waals surface area contributed by atoms with Gasteiger partial charge in [-0.05, 0) is 45.4 Å². The van der Waals surface area contributed by atoms with Gasteiger partial charge in [0, 0.05) is 12.8 Å². The Morgan fingerprint density at radius 3 is 1.12 bits per heavy atom. The highest BCUT2D eigenvalue weighted by Crippen LogP contribution is 2.43. The van der Waals surface area contributed by atoms with Gasteiger partial charge in [-0.3, -0.25) is 18.6 Å². The van der Waals surface area contributed by atoms with Gasteiger partial charge in [0.25, 0.3) is 0 Å². The van der Waals surface area contributed by atoms with Crippen molar-refractivity contribution in [1.82, 2.24) is 0 Å². The smallest absolute Gasteiger partial charge is 0.462 e. The van der Waals surface area contributed by atoms with Crippen molar-refractivity contribution in [2.24, 2.45) is 0 Å². The van der Waals surface area contributed by atoms with Gasteiger partial charge >= 0.3 is 19.8 Å². The fourth-order valence-electron chi connectivity index (χ4n) is 7.57. The highest BCUT2D eigenvalue weighted by molar-refractivity contribution is 7.47. The van der Waals surface area contributed by atoms with Crippen molar-refractivity contribution in [3.05, 3.63) is 12.2 Å². The standard InChI is InChI=1S/C50H97O8P/c1-4-7-9-11-13-15-17-19-21-23-25-26-27-29-31-33-35-37-39-41-43-45-50(52)58-48(47-57-59(53,54)56-6-3)46-55-49(51)44-42-40-38-36-34-32-30-28-24-22-20-18-16-14-12-10-8-5-2/h23,25,48H,4-22,24,26-47H2,1-3H3,(H,53,54)/b25-23-. The van der Waals surface area contributed by atoms with Crippen LogP contribution in [0.3, 0.4) is 0 Å². The number of carbonyl (C=O) groups is 2. The van der Waals surface area contributed by atoms with Crippen LogP contribution >= 0.6 is 7.82 Å². The summed E-state index contributed by atoms with van der Waals surface area (Å²) in [5, 5.41) is 0. The number of phosphoric acid groups is 1. The van der Waals surface area contributed by atoms with Gasteiger partial charge in [-0.25, -0.2) is 4.57 Å². The summed E-state index contributed by atoms with van der Waals surface area (Å²) in [5.41, 5.74) is 0. The zero-order valence-electron chi connectivity index (χ0n) is 39.2. The van der Waals surface area contributed by atoms with Crippen LogP contribution in [0, 0.1) is 0 Å². The number of phosphoric ester groups is 1. The van der Waals surface area contributed by atoms with E-state index in [2.05, 4.69) is 26.0 Å². The minimum absolute atomic E-state index is 0.00366. The predicted octanol–water partition coefficient (Wildman–Crippen LogP) is 16.4. The molecule has 2 atom stereocenters. The first-order valence-corrected chi connectivity index (χ1v) is 27.0. The van der Waals surface area contributed by atoms with E-state index in [0.717, 1.165) is 32.1 Å². The number of ether oxygens (including phenoxy) is 2. The summed E-state index contributed by atoms with van der Waals surface area (Å²) in [6.45, 7) is 5.54. The van der Waals surface area contributed by atoms with Crippen LogP contribution in [0.1, 0.15) is 271 Å². The van der Waals surface area contributed by atoms with Crippen molar-refractivity contribution in [3.63, 3.8) is 0 Å². The molecule has 0 aromatic heterocycles. The molecule has 0 aliphatic rings. The largest absolute Gasteiger partial charge is 0.472 e. The molecule has 0 amide bonds. The average molecular weight is 857 g/mol. The molecule has 0 saturated carbocycles. The van der Waals surface area contributed by atoms with E-state index >= 15 is 0 Å². The summed E-state index contributed by atoms with van der Waals surface area (Å²) >= 11 is 0. The van der Waals surface area contributed by atoms with Crippen molar-refractivity contribution < 1.29 is 37.6 Å². The molecule has 0 aromatic carbocycles. The summed E-state index contributed by atoms with van der Waals surface area (Å²) in [6.07, 6.45) is 51.3. The van der Waals surface area contributed by atoms with E-state index < -0.39 is 19.9 Å². The minimum Gasteiger partial charge on any atom is -0.462 e. The summed E-state index contributed by atoms with van der Waals surface area (Å²) in [7, 11) is -4.28. The molecule has 0 bridgehead atoms. The van der Waals surface area contributed by atoms with Crippen LogP contribution in [0.5, 0.6) is 0 Å². The Morgan fingerprint density at radius 1 is 0.441 bits per heavy atom. The fourth-order valence-corrected chi connectivity index (χ4v) is 8.32. The molecule has 8 nitrogen and oxygen atoms in total. The summed E-state index contributed by atoms with van der Waals surface area (Å²) in [4.78, 5) is 34.9. The highest BCUT2D eigenvalue weighted by Gasteiger charge is 2.25. The first-order chi connectivity index (χ1) is 28.8. The zero-order chi connectivity index (χ0) is 43.2. The van der Waals surface area contributed by atoms with Gasteiger partial charge in [0.15, 0.2) is 6.10 Å². The van der Waals surface area contributed by atoms with E-state index in [1.165, 1.54) is 199 Å². The third-order valence-electron chi connectivity index (χ3n) is 11.3. The van der Waals surface area contributed by atoms with Gasteiger partial charge in [-0.15, -0.1) is 0 Å². The van der Waals surface area contributed by atoms with Crippen LogP contribution in [-0.2, 0) is 32.7 Å². The van der Waals surface area contributed by atoms with Gasteiger partial charge in [0.2, 0.25) is 0 Å². The summed E-state index contributed by atoms with van der Waals surface area (Å²) in [5.74, 6) is -0.783. The van der Waals surface area contributed by atoms with Crippen molar-refractivity contribution >= 4 is 19.8 Å². The molecular weight excluding hydrogens is 760 g/mol. The Morgan fingerprint density at radius 2 is 0.763 bits per heavy atom. The second kappa shape index (κ2) is 46.3. The predicted molar refractivity (Wildman–Crippen MR) is 249 cm³/mol. The molecule has 2 unspecified atom stereocenters. The van der Waals surface area contributed by atoms with Gasteiger partial charge in [-0.1, -0.05) is 225 Å². The number of rotatable bonds is 48. The van der Waals surface area contributed by atoms with Crippen molar-refractivity contribution in [2.45, 2.75) is 277 Å². The normalized spacial score (nSPS) is 13.2. The molecule has 0 saturated heterocycles. The van der Waals surface area contributed by atoms with E-state index in [1.807, 2.05) is 0 Å². The first kappa shape index (κ1) is 57.8. The molecule has 0 aliphatic carbocycles. The molecule has 9 heteroatoms. The lowest BCUT2D eigenvalue weighted by Gasteiger charge is -2.19. The van der Waals surface area contributed by atoms with E-state index in [9.17, 15) is 19.0 Å². The molecule has 350 valence electrons. The number of hydrogen-bond donors (Lipinski definition) is 1. The van der Waals surface area contributed by atoms with Crippen molar-refractivity contribution in [3.8, 4) is 0 Å². The summed E-state index contributed by atoms with van der Waals surface area (Å²) in [6, 6.07) is 0. The van der Waals surface area contributed by atoms with Gasteiger partial charge in [0.05, 0.1) is 13.2 Å². The van der Waals surface area contributed by atoms with Crippen LogP contribution in [0.25, 0.3) is 0 Å². The monoisotopic (exact) mass is 857 g/mol. The maximum absolute atomic E-state index is 12.6. The number of esters is 2. The minimum atomic E-state index is -4.28. The van der Waals surface area contributed by atoms with E-state index in [0.29, 0.717) is 12.8 Å². The maximum Gasteiger partial charge on any atom is 0.472 e. The quantitative estimate of drug-likeness (QED) is 0.0279. The molecular formula is C50H97O8P. The summed E-state index contributed by atoms with van der Waals surface area (Å²) < 4.78 is 32.8. The van der Waals surface area contributed by atoms with Gasteiger partial charge in [0.1, 0.15) is 6.61 Å². The van der Waals surface area contributed by atoms with Crippen LogP contribution in [0.2, 0.25) is 0 Å². The Balaban J connectivity index is 3.95. The first-order valence-electron chi connectivity index (χ1n) is 25.5. The Kier molecular flexibility index (Phi) is 45.3. The van der Waals surface area contributed by atoms with E-state index in [-0.39, 0.29) is 32.2 Å². The number of allylic oxidation sites excluding steroid dienone is 2. The van der Waals surface area contributed by atoms with Gasteiger partial charge < -0.3 is 14.4 Å². The molecule has 0 radical (unpaired) electrons. The molecule has 59 heavy (non-hydrogen) atoms. The fraction of sp³-hybridized carbons (Fsp3) is 0.920. The third kappa shape index (κ3) is 46.1. The SMILES string of the molecule is CCCCCCCCCC/C=C\CCCCCCCCCCCC(=O)OC(COC(=O)CCCCCCCCCCCCCCCCCCCC)COP(=O)(O)OCC. The van der Waals surface area contributed by atoms with Crippen LogP contribution in [-0.4, -0.2) is 42.8 Å². The lowest BCUT2D eigenvalue weighted by molar-refractivity contribution is -0.161. The lowest BCUT2D eigenvalue weighted by Crippen LogP contribution is -2.29. The molecule has 0 aromatic rings. The highest BCUT2D eigenvalue weighted by atomic mass is 31.2. The second-order valence-electron chi connectivity index (χ2n) is 17.2. The van der Waals surface area contributed by atoms with Crippen LogP contribution in [0.15, 0.2) is 12.2 Å². The molecule has 1 N–H and O–H groups in total. The van der Waals surface area contributed by atoms with Gasteiger partial charge in [-0.2, -0.15) is 0 Å². The Labute approximate surface area is 365 Å². The topological polar surface area (TPSA) is 108 Å². The zero-order valence-corrected chi connectivity index (χ0v) is 40.1. The maximum atomic E-state index is 12.6. The molecule has 0 spiro atoms. The van der Waals surface area contributed by atoms with Crippen LogP contribution < -0.4 is 0 Å². The van der Waals surface area contributed by atoms with Crippen molar-refractivity contribution in [2.75, 3.05) is 19.8 Å². The van der Waals surface area contributed by atoms with E-state index in [1.54, 1.807) is 6.92 Å². The third-order valence-corrected chi connectivity index (χ3v) is 12.4. The number of carbonyl (C=O) groups excluding carboxylic acids is 2. The number of hydrogen-bond acceptors (Lipinski definition) is 7. The lowest BCUT2D eigenvalue weighted by atomic mass is 10.0. The molecule has 0 aliphatic heterocycles. The molecule has 0 heterocycles. The molecule has 0 rings (SSSR count).